The van der Waals surface area contributed by atoms with Gasteiger partial charge in [-0.1, -0.05) is 0 Å². The van der Waals surface area contributed by atoms with E-state index in [1.54, 1.807) is 11.3 Å². The predicted molar refractivity (Wildman–Crippen MR) is 92.3 cm³/mol. The maximum atomic E-state index is 12.2. The molecule has 0 radical (unpaired) electrons. The predicted octanol–water partition coefficient (Wildman–Crippen LogP) is 2.22. The number of aryl methyl sites for hydroxylation is 1. The van der Waals surface area contributed by atoms with Gasteiger partial charge in [0.25, 0.3) is 0 Å². The number of rotatable bonds is 5. The molecule has 124 valence electrons. The van der Waals surface area contributed by atoms with Crippen molar-refractivity contribution >= 4 is 17.2 Å². The number of amides is 1. The Bertz CT molecular complexity index is 637. The van der Waals surface area contributed by atoms with Gasteiger partial charge in [0.05, 0.1) is 18.2 Å². The van der Waals surface area contributed by atoms with Gasteiger partial charge >= 0.3 is 0 Å². The molecule has 1 amide bonds. The third-order valence-corrected chi connectivity index (χ3v) is 5.41. The summed E-state index contributed by atoms with van der Waals surface area (Å²) in [5.74, 6) is 0.538. The zero-order valence-electron chi connectivity index (χ0n) is 13.7. The van der Waals surface area contributed by atoms with Gasteiger partial charge in [-0.2, -0.15) is 16.4 Å². The van der Waals surface area contributed by atoms with Gasteiger partial charge in [0, 0.05) is 19.8 Å². The molecule has 2 atom stereocenters. The molecule has 1 fully saturated rings. The van der Waals surface area contributed by atoms with Crippen LogP contribution in [-0.2, 0) is 18.3 Å². The fourth-order valence-electron chi connectivity index (χ4n) is 3.50. The molecule has 2 aromatic rings. The molecule has 1 aliphatic rings. The van der Waals surface area contributed by atoms with Gasteiger partial charge in [0.2, 0.25) is 5.91 Å². The Morgan fingerprint density at radius 1 is 1.43 bits per heavy atom. The van der Waals surface area contributed by atoms with Crippen LogP contribution in [0.1, 0.15) is 30.1 Å². The van der Waals surface area contributed by atoms with Crippen molar-refractivity contribution < 1.29 is 4.79 Å². The van der Waals surface area contributed by atoms with E-state index in [-0.39, 0.29) is 5.91 Å². The summed E-state index contributed by atoms with van der Waals surface area (Å²) in [5, 5.41) is 11.5. The van der Waals surface area contributed by atoms with Crippen LogP contribution in [0.5, 0.6) is 0 Å². The van der Waals surface area contributed by atoms with Crippen molar-refractivity contribution in [1.29, 1.82) is 0 Å². The highest BCUT2D eigenvalue weighted by Crippen LogP contribution is 2.34. The van der Waals surface area contributed by atoms with E-state index >= 15 is 0 Å². The van der Waals surface area contributed by atoms with Crippen LogP contribution < -0.4 is 5.32 Å². The minimum atomic E-state index is 0.111. The molecular weight excluding hydrogens is 308 g/mol. The highest BCUT2D eigenvalue weighted by atomic mass is 32.1. The second-order valence-corrected chi connectivity index (χ2v) is 7.10. The van der Waals surface area contributed by atoms with E-state index in [9.17, 15) is 4.79 Å². The van der Waals surface area contributed by atoms with Gasteiger partial charge in [-0.15, -0.1) is 0 Å². The summed E-state index contributed by atoms with van der Waals surface area (Å²) in [6.45, 7) is 1.82. The molecule has 1 N–H and O–H groups in total. The van der Waals surface area contributed by atoms with Crippen molar-refractivity contribution in [2.24, 2.45) is 13.0 Å². The Kier molecular flexibility index (Phi) is 5.13. The summed E-state index contributed by atoms with van der Waals surface area (Å²) in [6, 6.07) is 4.42. The molecule has 3 rings (SSSR count). The summed E-state index contributed by atoms with van der Waals surface area (Å²) in [4.78, 5) is 14.5. The minimum Gasteiger partial charge on any atom is -0.355 e. The number of thiophene rings is 1. The minimum absolute atomic E-state index is 0.111. The molecule has 3 heterocycles. The molecule has 6 heteroatoms. The highest BCUT2D eigenvalue weighted by molar-refractivity contribution is 7.07. The lowest BCUT2D eigenvalue weighted by atomic mass is 9.87. The molecule has 0 unspecified atom stereocenters. The molecule has 1 aliphatic heterocycles. The number of hydrogen-bond donors (Lipinski definition) is 1. The number of carbonyl (C=O) groups is 1. The average molecular weight is 332 g/mol. The van der Waals surface area contributed by atoms with E-state index in [4.69, 9.17) is 0 Å². The van der Waals surface area contributed by atoms with Crippen molar-refractivity contribution in [1.82, 2.24) is 20.0 Å². The van der Waals surface area contributed by atoms with Crippen LogP contribution in [0.15, 0.2) is 29.1 Å². The Labute approximate surface area is 141 Å². The van der Waals surface area contributed by atoms with Crippen molar-refractivity contribution in [2.75, 3.05) is 20.1 Å². The zero-order valence-corrected chi connectivity index (χ0v) is 14.6. The largest absolute Gasteiger partial charge is 0.355 e. The fraction of sp³-hybridized carbons (Fsp3) is 0.529. The van der Waals surface area contributed by atoms with E-state index in [1.165, 1.54) is 12.1 Å². The lowest BCUT2D eigenvalue weighted by molar-refractivity contribution is -0.120. The molecule has 5 nitrogen and oxygen atoms in total. The van der Waals surface area contributed by atoms with Gasteiger partial charge in [-0.3, -0.25) is 14.4 Å². The molecule has 0 bridgehead atoms. The van der Waals surface area contributed by atoms with Crippen LogP contribution in [-0.4, -0.2) is 40.7 Å². The van der Waals surface area contributed by atoms with Crippen LogP contribution in [0.4, 0.5) is 0 Å². The monoisotopic (exact) mass is 332 g/mol. The maximum Gasteiger partial charge on any atom is 0.224 e. The average Bonchev–Trinajstić information content (AvgIpc) is 3.17. The van der Waals surface area contributed by atoms with Gasteiger partial charge in [0.1, 0.15) is 0 Å². The lowest BCUT2D eigenvalue weighted by Crippen LogP contribution is -2.42. The molecule has 2 aromatic heterocycles. The highest BCUT2D eigenvalue weighted by Gasteiger charge is 2.32. The second kappa shape index (κ2) is 7.27. The summed E-state index contributed by atoms with van der Waals surface area (Å²) in [6.07, 6.45) is 4.64. The first-order chi connectivity index (χ1) is 11.1. The molecule has 0 saturated carbocycles. The number of nitrogens with one attached hydrogen (secondary N) is 1. The van der Waals surface area contributed by atoms with Crippen LogP contribution in [0.2, 0.25) is 0 Å². The summed E-state index contributed by atoms with van der Waals surface area (Å²) < 4.78 is 1.95. The van der Waals surface area contributed by atoms with E-state index in [0.717, 1.165) is 25.1 Å². The first kappa shape index (κ1) is 16.2. The van der Waals surface area contributed by atoms with Gasteiger partial charge in [-0.05, 0) is 60.8 Å². The van der Waals surface area contributed by atoms with E-state index in [2.05, 4.69) is 28.4 Å². The Morgan fingerprint density at radius 2 is 2.30 bits per heavy atom. The summed E-state index contributed by atoms with van der Waals surface area (Å²) in [7, 11) is 4.15. The number of hydrogen-bond acceptors (Lipinski definition) is 4. The van der Waals surface area contributed by atoms with Crippen molar-refractivity contribution in [3.63, 3.8) is 0 Å². The van der Waals surface area contributed by atoms with Crippen LogP contribution >= 0.6 is 11.3 Å². The molecule has 0 aliphatic carbocycles. The Hall–Kier alpha value is -1.66. The number of aromatic nitrogens is 2. The first-order valence-electron chi connectivity index (χ1n) is 8.11. The van der Waals surface area contributed by atoms with Gasteiger partial charge < -0.3 is 5.32 Å². The molecule has 0 aromatic carbocycles. The van der Waals surface area contributed by atoms with Crippen LogP contribution in [0.25, 0.3) is 0 Å². The van der Waals surface area contributed by atoms with E-state index < -0.39 is 0 Å². The zero-order chi connectivity index (χ0) is 16.2. The number of nitrogens with zero attached hydrogens (tertiary/aromatic N) is 3. The lowest BCUT2D eigenvalue weighted by Gasteiger charge is -2.39. The fourth-order valence-corrected chi connectivity index (χ4v) is 4.17. The quantitative estimate of drug-likeness (QED) is 0.913. The third-order valence-electron chi connectivity index (χ3n) is 4.68. The number of piperidine rings is 1. The third kappa shape index (κ3) is 3.82. The molecule has 1 saturated heterocycles. The van der Waals surface area contributed by atoms with E-state index in [0.29, 0.717) is 18.4 Å². The van der Waals surface area contributed by atoms with Gasteiger partial charge in [0.15, 0.2) is 0 Å². The van der Waals surface area contributed by atoms with Gasteiger partial charge in [-0.25, -0.2) is 0 Å². The Balaban J connectivity index is 1.62. The maximum absolute atomic E-state index is 12.2. The Morgan fingerprint density at radius 3 is 3.00 bits per heavy atom. The standard InChI is InChI=1S/C17H24N4OS/c1-20-8-3-4-14(17(20)15-5-7-19-21(15)2)11-18-16(22)10-13-6-9-23-12-13/h5-7,9,12,14,17H,3-4,8,10-11H2,1-2H3,(H,18,22)/t14-,17+/m0/s1. The summed E-state index contributed by atoms with van der Waals surface area (Å²) >= 11 is 1.63. The normalized spacial score (nSPS) is 22.2. The number of carbonyl (C=O) groups excluding carboxylic acids is 1. The van der Waals surface area contributed by atoms with Crippen molar-refractivity contribution in [3.8, 4) is 0 Å². The molecule has 0 spiro atoms. The SMILES string of the molecule is CN1CCC[C@@H](CNC(=O)Cc2ccsc2)[C@@H]1c1ccnn1C. The molecular formula is C17H24N4OS. The smallest absolute Gasteiger partial charge is 0.224 e. The van der Waals surface area contributed by atoms with Crippen LogP contribution in [0, 0.1) is 5.92 Å². The second-order valence-electron chi connectivity index (χ2n) is 6.32. The topological polar surface area (TPSA) is 50.2 Å². The van der Waals surface area contributed by atoms with Crippen molar-refractivity contribution in [2.45, 2.75) is 25.3 Å². The summed E-state index contributed by atoms with van der Waals surface area (Å²) in [5.41, 5.74) is 2.32. The molecule has 23 heavy (non-hydrogen) atoms. The van der Waals surface area contributed by atoms with E-state index in [1.807, 2.05) is 34.8 Å². The van der Waals surface area contributed by atoms with Crippen molar-refractivity contribution in [3.05, 3.63) is 40.3 Å². The number of likely N-dealkylation sites (tertiary alicyclic amines) is 1. The van der Waals surface area contributed by atoms with Crippen LogP contribution in [0.3, 0.4) is 0 Å². The first-order valence-corrected chi connectivity index (χ1v) is 9.05.